The van der Waals surface area contributed by atoms with Crippen molar-refractivity contribution in [1.82, 2.24) is 0 Å². The molecule has 0 saturated carbocycles. The van der Waals surface area contributed by atoms with Crippen LogP contribution in [0.5, 0.6) is 0 Å². The fraction of sp³-hybridized carbons (Fsp3) is 0.250. The number of hydrogen-bond donors (Lipinski definition) is 1. The predicted octanol–water partition coefficient (Wildman–Crippen LogP) is 4.03. The lowest BCUT2D eigenvalue weighted by atomic mass is 9.82. The summed E-state index contributed by atoms with van der Waals surface area (Å²) in [6.07, 6.45) is 0. The molecule has 0 radical (unpaired) electrons. The van der Waals surface area contributed by atoms with Gasteiger partial charge in [0.25, 0.3) is 0 Å². The fourth-order valence-corrected chi connectivity index (χ4v) is 2.88. The summed E-state index contributed by atoms with van der Waals surface area (Å²) in [6, 6.07) is 15.4. The van der Waals surface area contributed by atoms with Crippen LogP contribution in [0.3, 0.4) is 0 Å². The SMILES string of the molecule is CNc1ccc2c(c1)-c1ccccc1C2(C)C. The van der Waals surface area contributed by atoms with Crippen molar-refractivity contribution >= 4 is 5.69 Å². The Kier molecular flexibility index (Phi) is 2.06. The van der Waals surface area contributed by atoms with E-state index in [1.807, 2.05) is 7.05 Å². The van der Waals surface area contributed by atoms with E-state index in [0.29, 0.717) is 0 Å². The summed E-state index contributed by atoms with van der Waals surface area (Å²) in [5.41, 5.74) is 6.91. The molecule has 0 amide bonds. The zero-order valence-electron chi connectivity index (χ0n) is 10.5. The first-order valence-electron chi connectivity index (χ1n) is 6.07. The van der Waals surface area contributed by atoms with E-state index in [0.717, 1.165) is 0 Å². The Bertz CT molecular complexity index is 582. The van der Waals surface area contributed by atoms with E-state index >= 15 is 0 Å². The second-order valence-corrected chi connectivity index (χ2v) is 5.18. The number of hydrogen-bond acceptors (Lipinski definition) is 1. The van der Waals surface area contributed by atoms with Gasteiger partial charge in [0.2, 0.25) is 0 Å². The van der Waals surface area contributed by atoms with E-state index in [1.54, 1.807) is 0 Å². The van der Waals surface area contributed by atoms with Gasteiger partial charge in [0.1, 0.15) is 0 Å². The Morgan fingerprint density at radius 2 is 1.59 bits per heavy atom. The molecule has 1 aliphatic rings. The summed E-state index contributed by atoms with van der Waals surface area (Å²) in [5.74, 6) is 0. The molecule has 1 N–H and O–H groups in total. The highest BCUT2D eigenvalue weighted by atomic mass is 14.8. The van der Waals surface area contributed by atoms with Crippen LogP contribution in [0, 0.1) is 0 Å². The number of anilines is 1. The van der Waals surface area contributed by atoms with E-state index in [2.05, 4.69) is 61.6 Å². The van der Waals surface area contributed by atoms with Crippen molar-refractivity contribution in [3.8, 4) is 11.1 Å². The van der Waals surface area contributed by atoms with Crippen LogP contribution >= 0.6 is 0 Å². The molecule has 1 heteroatoms. The standard InChI is InChI=1S/C16H17N/c1-16(2)14-7-5-4-6-12(14)13-10-11(17-3)8-9-15(13)16/h4-10,17H,1-3H3. The van der Waals surface area contributed by atoms with Gasteiger partial charge in [-0.05, 0) is 34.4 Å². The Balaban J connectivity index is 2.33. The van der Waals surface area contributed by atoms with Gasteiger partial charge in [0.15, 0.2) is 0 Å². The van der Waals surface area contributed by atoms with Crippen LogP contribution in [0.2, 0.25) is 0 Å². The third-order valence-electron chi connectivity index (χ3n) is 3.87. The first kappa shape index (κ1) is 10.4. The normalized spacial score (nSPS) is 15.2. The van der Waals surface area contributed by atoms with Crippen LogP contribution < -0.4 is 5.32 Å². The average Bonchev–Trinajstić information content (AvgIpc) is 2.59. The molecular formula is C16H17N. The molecule has 0 unspecified atom stereocenters. The topological polar surface area (TPSA) is 12.0 Å². The summed E-state index contributed by atoms with van der Waals surface area (Å²) < 4.78 is 0. The van der Waals surface area contributed by atoms with Crippen LogP contribution in [-0.4, -0.2) is 7.05 Å². The minimum absolute atomic E-state index is 0.123. The zero-order chi connectivity index (χ0) is 12.0. The van der Waals surface area contributed by atoms with Gasteiger partial charge >= 0.3 is 0 Å². The predicted molar refractivity (Wildman–Crippen MR) is 73.6 cm³/mol. The molecule has 0 saturated heterocycles. The molecule has 0 spiro atoms. The second kappa shape index (κ2) is 3.36. The van der Waals surface area contributed by atoms with Gasteiger partial charge in [-0.25, -0.2) is 0 Å². The third kappa shape index (κ3) is 1.32. The molecule has 1 nitrogen and oxygen atoms in total. The first-order chi connectivity index (χ1) is 8.14. The van der Waals surface area contributed by atoms with Gasteiger partial charge < -0.3 is 5.32 Å². The van der Waals surface area contributed by atoms with Gasteiger partial charge in [-0.1, -0.05) is 44.2 Å². The molecule has 0 atom stereocenters. The molecule has 2 aromatic rings. The lowest BCUT2D eigenvalue weighted by Gasteiger charge is -2.21. The van der Waals surface area contributed by atoms with Crippen molar-refractivity contribution in [1.29, 1.82) is 0 Å². The van der Waals surface area contributed by atoms with Gasteiger partial charge in [0.05, 0.1) is 0 Å². The maximum atomic E-state index is 3.21. The smallest absolute Gasteiger partial charge is 0.0343 e. The largest absolute Gasteiger partial charge is 0.388 e. The molecule has 0 heterocycles. The van der Waals surface area contributed by atoms with Crippen molar-refractivity contribution in [2.24, 2.45) is 0 Å². The Morgan fingerprint density at radius 1 is 0.882 bits per heavy atom. The maximum Gasteiger partial charge on any atom is 0.0343 e. The molecule has 0 aliphatic heterocycles. The summed E-state index contributed by atoms with van der Waals surface area (Å²) >= 11 is 0. The summed E-state index contributed by atoms with van der Waals surface area (Å²) in [6.45, 7) is 4.60. The minimum atomic E-state index is 0.123. The fourth-order valence-electron chi connectivity index (χ4n) is 2.88. The van der Waals surface area contributed by atoms with Gasteiger partial charge in [-0.2, -0.15) is 0 Å². The Labute approximate surface area is 102 Å². The molecule has 0 fully saturated rings. The third-order valence-corrected chi connectivity index (χ3v) is 3.87. The van der Waals surface area contributed by atoms with Crippen molar-refractivity contribution in [2.75, 3.05) is 12.4 Å². The van der Waals surface area contributed by atoms with Crippen LogP contribution in [0.4, 0.5) is 5.69 Å². The van der Waals surface area contributed by atoms with Crippen LogP contribution in [0.1, 0.15) is 25.0 Å². The Hall–Kier alpha value is -1.76. The van der Waals surface area contributed by atoms with Crippen molar-refractivity contribution in [3.05, 3.63) is 53.6 Å². The van der Waals surface area contributed by atoms with Gasteiger partial charge in [-0.3, -0.25) is 0 Å². The maximum absolute atomic E-state index is 3.21. The van der Waals surface area contributed by atoms with E-state index < -0.39 is 0 Å². The van der Waals surface area contributed by atoms with Crippen molar-refractivity contribution in [2.45, 2.75) is 19.3 Å². The van der Waals surface area contributed by atoms with Crippen LogP contribution in [-0.2, 0) is 5.41 Å². The van der Waals surface area contributed by atoms with E-state index in [-0.39, 0.29) is 5.41 Å². The minimum Gasteiger partial charge on any atom is -0.388 e. The summed E-state index contributed by atoms with van der Waals surface area (Å²) in [5, 5.41) is 3.21. The number of fused-ring (bicyclic) bond motifs is 3. The molecule has 0 bridgehead atoms. The first-order valence-corrected chi connectivity index (χ1v) is 6.07. The lowest BCUT2D eigenvalue weighted by Crippen LogP contribution is -2.14. The van der Waals surface area contributed by atoms with E-state index in [9.17, 15) is 0 Å². The highest BCUT2D eigenvalue weighted by Crippen LogP contribution is 2.48. The van der Waals surface area contributed by atoms with E-state index in [4.69, 9.17) is 0 Å². The molecule has 1 aliphatic carbocycles. The number of benzene rings is 2. The summed E-state index contributed by atoms with van der Waals surface area (Å²) in [7, 11) is 1.97. The van der Waals surface area contributed by atoms with Crippen LogP contribution in [0.15, 0.2) is 42.5 Å². The molecule has 86 valence electrons. The Morgan fingerprint density at radius 3 is 2.35 bits per heavy atom. The zero-order valence-corrected chi connectivity index (χ0v) is 10.5. The van der Waals surface area contributed by atoms with Crippen molar-refractivity contribution < 1.29 is 0 Å². The van der Waals surface area contributed by atoms with Gasteiger partial charge in [0, 0.05) is 18.2 Å². The molecule has 3 rings (SSSR count). The quantitative estimate of drug-likeness (QED) is 0.769. The number of rotatable bonds is 1. The monoisotopic (exact) mass is 223 g/mol. The second-order valence-electron chi connectivity index (χ2n) is 5.18. The van der Waals surface area contributed by atoms with Crippen molar-refractivity contribution in [3.63, 3.8) is 0 Å². The molecule has 0 aromatic heterocycles. The summed E-state index contributed by atoms with van der Waals surface area (Å²) in [4.78, 5) is 0. The molecule has 17 heavy (non-hydrogen) atoms. The highest BCUT2D eigenvalue weighted by molar-refractivity contribution is 5.82. The number of nitrogens with one attached hydrogen (secondary N) is 1. The average molecular weight is 223 g/mol. The molecule has 2 aromatic carbocycles. The molecular weight excluding hydrogens is 206 g/mol. The van der Waals surface area contributed by atoms with E-state index in [1.165, 1.54) is 27.9 Å². The highest BCUT2D eigenvalue weighted by Gasteiger charge is 2.34. The van der Waals surface area contributed by atoms with Crippen LogP contribution in [0.25, 0.3) is 11.1 Å². The lowest BCUT2D eigenvalue weighted by molar-refractivity contribution is 0.660. The van der Waals surface area contributed by atoms with Gasteiger partial charge in [-0.15, -0.1) is 0 Å².